The van der Waals surface area contributed by atoms with E-state index in [0.29, 0.717) is 25.1 Å². The lowest BCUT2D eigenvalue weighted by molar-refractivity contribution is -0.432. The molecule has 4 aromatic rings. The maximum Gasteiger partial charge on any atom is 0.295 e. The smallest absolute Gasteiger partial charge is 0.295 e. The molecule has 12 N–H and O–H groups in total. The lowest BCUT2D eigenvalue weighted by atomic mass is 10.1. The van der Waals surface area contributed by atoms with Crippen molar-refractivity contribution in [1.82, 2.24) is 29.9 Å². The molecule has 0 aliphatic carbocycles. The van der Waals surface area contributed by atoms with Gasteiger partial charge in [0.2, 0.25) is 35.7 Å². The van der Waals surface area contributed by atoms with E-state index in [1.54, 1.807) is 0 Å². The number of aliphatic hydroxyl groups is 2. The summed E-state index contributed by atoms with van der Waals surface area (Å²) >= 11 is 0.785. The monoisotopic (exact) mass is 920 g/mol. The summed E-state index contributed by atoms with van der Waals surface area (Å²) < 4.78 is 106. The van der Waals surface area contributed by atoms with Crippen LogP contribution in [-0.2, 0) is 39.7 Å². The zero-order valence-electron chi connectivity index (χ0n) is 31.0. The van der Waals surface area contributed by atoms with Gasteiger partial charge >= 0.3 is 0 Å². The molecule has 0 atom stereocenters. The Labute approximate surface area is 347 Å². The van der Waals surface area contributed by atoms with E-state index < -0.39 is 45.9 Å². The number of anilines is 8. The summed E-state index contributed by atoms with van der Waals surface area (Å²) in [7, 11) is -14.1. The first-order valence-electron chi connectivity index (χ1n) is 17.2. The Bertz CT molecular complexity index is 2430. The van der Waals surface area contributed by atoms with E-state index in [9.17, 15) is 34.4 Å². The molecule has 2 aromatic heterocycles. The third kappa shape index (κ3) is 16.1. The highest BCUT2D eigenvalue weighted by Gasteiger charge is 2.19. The summed E-state index contributed by atoms with van der Waals surface area (Å²) in [6.07, 6.45) is 3.07. The summed E-state index contributed by atoms with van der Waals surface area (Å²) in [6.45, 7) is 0.258. The number of aromatic nitrogens is 6. The van der Waals surface area contributed by atoms with Crippen LogP contribution >= 0.6 is 12.0 Å². The Hall–Kier alpha value is -5.12. The molecular weight excluding hydrogens is 881 g/mol. The van der Waals surface area contributed by atoms with Crippen LogP contribution in [0.1, 0.15) is 24.0 Å². The van der Waals surface area contributed by atoms with Crippen LogP contribution < -0.4 is 31.9 Å². The van der Waals surface area contributed by atoms with E-state index in [0.717, 1.165) is 24.2 Å². The number of nitrogens with zero attached hydrogens (tertiary/aromatic N) is 6. The summed E-state index contributed by atoms with van der Waals surface area (Å²) in [5.41, 5.74) is -0.0691. The molecule has 328 valence electrons. The molecule has 0 spiro atoms. The number of hydrogen-bond acceptors (Lipinski definition) is 24. The van der Waals surface area contributed by atoms with Crippen LogP contribution in [0.15, 0.2) is 46.2 Å². The first-order valence-corrected chi connectivity index (χ1v) is 22.6. The Morgan fingerprint density at radius 1 is 0.583 bits per heavy atom. The van der Waals surface area contributed by atoms with Crippen LogP contribution in [-0.4, -0.2) is 135 Å². The maximum atomic E-state index is 12.5. The second kappa shape index (κ2) is 22.5. The molecule has 60 heavy (non-hydrogen) atoms. The Kier molecular flexibility index (Phi) is 17.8. The fourth-order valence-corrected chi connectivity index (χ4v) is 6.75. The molecule has 4 rings (SSSR count). The van der Waals surface area contributed by atoms with Crippen LogP contribution in [0.3, 0.4) is 0 Å². The SMILES string of the molecule is O=S(=O)(O)CCNc1nc(NCCCO)nc(Nc2ccc(/C=C/c3ccc(Nc4nc(NCCCO)nc(NCCSOOO)n4)cc3S(=O)(=O)O)c(S(=O)(=O)O)c2)n1. The fraction of sp³-hybridized carbons (Fsp3) is 0.333. The maximum absolute atomic E-state index is 12.5. The molecule has 0 saturated carbocycles. The second-order valence-corrected chi connectivity index (χ2v) is 16.9. The zero-order valence-corrected chi connectivity index (χ0v) is 34.2. The summed E-state index contributed by atoms with van der Waals surface area (Å²) in [4.78, 5) is 23.9. The normalized spacial score (nSPS) is 12.0. The highest BCUT2D eigenvalue weighted by Crippen LogP contribution is 2.28. The van der Waals surface area contributed by atoms with Crippen molar-refractivity contribution in [2.75, 3.05) is 82.8 Å². The average Bonchev–Trinajstić information content (AvgIpc) is 3.16. The van der Waals surface area contributed by atoms with Gasteiger partial charge in [0.25, 0.3) is 30.4 Å². The van der Waals surface area contributed by atoms with Crippen molar-refractivity contribution in [3.63, 3.8) is 0 Å². The van der Waals surface area contributed by atoms with Crippen LogP contribution in [0, 0.1) is 0 Å². The van der Waals surface area contributed by atoms with Gasteiger partial charge in [-0.05, 0) is 48.2 Å². The van der Waals surface area contributed by atoms with Crippen molar-refractivity contribution < 1.29 is 63.8 Å². The van der Waals surface area contributed by atoms with E-state index in [2.05, 4.69) is 71.2 Å². The molecule has 2 heterocycles. The van der Waals surface area contributed by atoms with Crippen LogP contribution in [0.2, 0.25) is 0 Å². The molecule has 0 bridgehead atoms. The Morgan fingerprint density at radius 2 is 0.983 bits per heavy atom. The van der Waals surface area contributed by atoms with Gasteiger partial charge in [0.05, 0.1) is 5.75 Å². The molecule has 0 aliphatic rings. The Morgan fingerprint density at radius 3 is 1.37 bits per heavy atom. The molecular formula is C30H40N12O14S4. The van der Waals surface area contributed by atoms with E-state index >= 15 is 0 Å². The van der Waals surface area contributed by atoms with Crippen LogP contribution in [0.4, 0.5) is 47.1 Å². The van der Waals surface area contributed by atoms with Crippen molar-refractivity contribution in [2.45, 2.75) is 22.6 Å². The van der Waals surface area contributed by atoms with Crippen molar-refractivity contribution in [3.05, 3.63) is 47.5 Å². The van der Waals surface area contributed by atoms with Crippen LogP contribution in [0.25, 0.3) is 12.2 Å². The molecule has 0 unspecified atom stereocenters. The van der Waals surface area contributed by atoms with E-state index in [1.165, 1.54) is 36.4 Å². The Balaban J connectivity index is 1.61. The molecule has 0 radical (unpaired) electrons. The number of benzene rings is 2. The molecule has 26 nitrogen and oxygen atoms in total. The van der Waals surface area contributed by atoms with Gasteiger partial charge in [0.15, 0.2) is 0 Å². The summed E-state index contributed by atoms with van der Waals surface area (Å²) in [5, 5.41) is 46.9. The predicted octanol–water partition coefficient (Wildman–Crippen LogP) is 1.58. The third-order valence-electron chi connectivity index (χ3n) is 7.23. The van der Waals surface area contributed by atoms with Gasteiger partial charge in [0, 0.05) is 68.6 Å². The van der Waals surface area contributed by atoms with E-state index in [-0.39, 0.29) is 91.0 Å². The first kappa shape index (κ1) is 47.6. The first-order chi connectivity index (χ1) is 28.5. The number of nitrogens with one attached hydrogen (secondary N) is 6. The van der Waals surface area contributed by atoms with Gasteiger partial charge in [-0.3, -0.25) is 13.7 Å². The lowest BCUT2D eigenvalue weighted by Crippen LogP contribution is -2.17. The number of aliphatic hydroxyl groups excluding tert-OH is 2. The topological polar surface area (TPSA) is 392 Å². The molecule has 0 fully saturated rings. The van der Waals surface area contributed by atoms with Gasteiger partial charge in [-0.1, -0.05) is 29.3 Å². The molecule has 0 saturated heterocycles. The summed E-state index contributed by atoms with van der Waals surface area (Å²) in [6, 6.07) is 7.44. The molecule has 2 aromatic carbocycles. The minimum absolute atomic E-state index is 0.0144. The number of rotatable bonds is 26. The standard InChI is InChI=1S/C30H40N12O14S4/c43-13-1-9-31-25-37-27(33-11-15-57-56-55-45)41-29(39-25)35-21-7-5-19(23(17-21)59(49,50)51)3-4-20-6-8-22(18-24(20)60(52,53)54)36-30-40-26(32-10-2-14-44)38-28(42-30)34-12-16-58(46,47)48/h3-8,17-18,43-45H,1-2,9-16H2,(H,46,47,48)(H,49,50,51)(H,52,53,54)(H3,31,33,35,37,39,41)(H3,32,34,36,38,40,42)/b4-3+. The zero-order chi connectivity index (χ0) is 43.8. The molecule has 0 amide bonds. The second-order valence-electron chi connectivity index (χ2n) is 11.8. The average molecular weight is 921 g/mol. The van der Waals surface area contributed by atoms with E-state index in [1.807, 2.05) is 0 Å². The lowest BCUT2D eigenvalue weighted by Gasteiger charge is -2.13. The van der Waals surface area contributed by atoms with Crippen LogP contribution in [0.5, 0.6) is 0 Å². The van der Waals surface area contributed by atoms with Gasteiger partial charge in [-0.25, -0.2) is 5.26 Å². The van der Waals surface area contributed by atoms with Crippen molar-refractivity contribution >= 4 is 102 Å². The third-order valence-corrected chi connectivity index (χ3v) is 10.3. The van der Waals surface area contributed by atoms with Crippen molar-refractivity contribution in [1.29, 1.82) is 0 Å². The molecule has 30 heteroatoms. The van der Waals surface area contributed by atoms with Gasteiger partial charge in [-0.2, -0.15) is 55.2 Å². The van der Waals surface area contributed by atoms with Gasteiger partial charge in [-0.15, -0.1) is 4.33 Å². The van der Waals surface area contributed by atoms with Crippen molar-refractivity contribution in [3.8, 4) is 0 Å². The predicted molar refractivity (Wildman–Crippen MR) is 219 cm³/mol. The minimum Gasteiger partial charge on any atom is -0.396 e. The summed E-state index contributed by atoms with van der Waals surface area (Å²) in [5.74, 6) is -0.578. The van der Waals surface area contributed by atoms with Crippen molar-refractivity contribution in [2.24, 2.45) is 0 Å². The van der Waals surface area contributed by atoms with E-state index in [4.69, 9.17) is 20.0 Å². The van der Waals surface area contributed by atoms with Gasteiger partial charge < -0.3 is 42.1 Å². The largest absolute Gasteiger partial charge is 0.396 e. The minimum atomic E-state index is -4.93. The fourth-order valence-electron chi connectivity index (χ4n) is 4.67. The molecule has 0 aliphatic heterocycles. The van der Waals surface area contributed by atoms with Gasteiger partial charge in [0.1, 0.15) is 9.79 Å². The highest BCUT2D eigenvalue weighted by atomic mass is 32.2. The quantitative estimate of drug-likeness (QED) is 0.0106. The number of hydrogen-bond donors (Lipinski definition) is 12. The highest BCUT2D eigenvalue weighted by molar-refractivity contribution is 7.94.